The molecular formula is C18H23N3O7. The number of esters is 1. The molecule has 1 aliphatic rings. The molecule has 4 amide bonds. The van der Waals surface area contributed by atoms with Crippen LogP contribution in [0.4, 0.5) is 4.79 Å². The molecule has 0 spiro atoms. The van der Waals surface area contributed by atoms with Gasteiger partial charge in [-0.3, -0.25) is 19.7 Å². The van der Waals surface area contributed by atoms with Crippen molar-refractivity contribution >= 4 is 23.8 Å². The molecule has 0 saturated carbocycles. The summed E-state index contributed by atoms with van der Waals surface area (Å²) < 4.78 is 15.0. The first-order valence-electron chi connectivity index (χ1n) is 8.76. The summed E-state index contributed by atoms with van der Waals surface area (Å²) in [6.07, 6.45) is 0.777. The normalized spacial score (nSPS) is 11.7. The summed E-state index contributed by atoms with van der Waals surface area (Å²) in [4.78, 5) is 46.7. The van der Waals surface area contributed by atoms with Crippen molar-refractivity contribution in [3.8, 4) is 11.5 Å². The second kappa shape index (κ2) is 10.1. The minimum Gasteiger partial charge on any atom is -0.454 e. The molecule has 0 aliphatic carbocycles. The molecule has 1 heterocycles. The van der Waals surface area contributed by atoms with Crippen molar-refractivity contribution in [3.63, 3.8) is 0 Å². The molecule has 152 valence electrons. The summed E-state index contributed by atoms with van der Waals surface area (Å²) in [5.74, 6) is -0.690. The van der Waals surface area contributed by atoms with Gasteiger partial charge in [-0.2, -0.15) is 0 Å². The van der Waals surface area contributed by atoms with E-state index in [0.29, 0.717) is 24.0 Å². The number of amides is 4. The lowest BCUT2D eigenvalue weighted by atomic mass is 10.1. The van der Waals surface area contributed by atoms with Crippen LogP contribution in [0.1, 0.15) is 30.6 Å². The van der Waals surface area contributed by atoms with Crippen LogP contribution in [0, 0.1) is 5.92 Å². The zero-order valence-corrected chi connectivity index (χ0v) is 15.7. The minimum atomic E-state index is -0.815. The van der Waals surface area contributed by atoms with Crippen LogP contribution in [-0.4, -0.2) is 50.3 Å². The van der Waals surface area contributed by atoms with E-state index < -0.39 is 37.0 Å². The maximum Gasteiger partial charge on any atom is 0.325 e. The lowest BCUT2D eigenvalue weighted by Crippen LogP contribution is -2.42. The Balaban J connectivity index is 1.64. The van der Waals surface area contributed by atoms with E-state index in [-0.39, 0.29) is 12.4 Å². The summed E-state index contributed by atoms with van der Waals surface area (Å²) in [5.41, 5.74) is 0.285. The van der Waals surface area contributed by atoms with Crippen molar-refractivity contribution in [2.24, 2.45) is 5.92 Å². The summed E-state index contributed by atoms with van der Waals surface area (Å²) in [6, 6.07) is 3.96. The first kappa shape index (κ1) is 21.0. The molecule has 0 fully saturated rings. The van der Waals surface area contributed by atoms with Crippen molar-refractivity contribution in [2.45, 2.75) is 20.3 Å². The maximum absolute atomic E-state index is 12.0. The number of nitrogens with one attached hydrogen (secondary N) is 3. The molecule has 0 unspecified atom stereocenters. The van der Waals surface area contributed by atoms with E-state index in [1.165, 1.54) is 12.1 Å². The van der Waals surface area contributed by atoms with Crippen LogP contribution in [0.3, 0.4) is 0 Å². The number of hydrogen-bond acceptors (Lipinski definition) is 7. The molecule has 0 saturated heterocycles. The van der Waals surface area contributed by atoms with Crippen LogP contribution in [0.15, 0.2) is 18.2 Å². The van der Waals surface area contributed by atoms with Crippen LogP contribution in [0.2, 0.25) is 0 Å². The van der Waals surface area contributed by atoms with E-state index >= 15 is 0 Å². The van der Waals surface area contributed by atoms with E-state index in [9.17, 15) is 19.2 Å². The average Bonchev–Trinajstić information content (AvgIpc) is 3.11. The van der Waals surface area contributed by atoms with Gasteiger partial charge in [0.1, 0.15) is 6.54 Å². The number of carbonyl (C=O) groups excluding carboxylic acids is 4. The molecule has 0 bridgehead atoms. The zero-order chi connectivity index (χ0) is 20.5. The van der Waals surface area contributed by atoms with Crippen LogP contribution < -0.4 is 25.4 Å². The highest BCUT2D eigenvalue weighted by Crippen LogP contribution is 2.32. The largest absolute Gasteiger partial charge is 0.454 e. The maximum atomic E-state index is 12.0. The molecule has 2 rings (SSSR count). The van der Waals surface area contributed by atoms with Gasteiger partial charge in [0.2, 0.25) is 6.79 Å². The fraction of sp³-hybridized carbons (Fsp3) is 0.444. The zero-order valence-electron chi connectivity index (χ0n) is 15.7. The van der Waals surface area contributed by atoms with E-state index in [4.69, 9.17) is 14.2 Å². The standard InChI is InChI=1S/C18H23N3O7/c1-11(2)5-6-19-18(25)21-15(22)9-26-16(23)8-20-17(24)12-3-4-13-14(7-12)28-10-27-13/h3-4,7,11H,5-6,8-10H2,1-2H3,(H,20,24)(H2,19,21,22,25). The number of ether oxygens (including phenoxy) is 3. The molecule has 3 N–H and O–H groups in total. The number of imide groups is 1. The number of hydrogen-bond donors (Lipinski definition) is 3. The Kier molecular flexibility index (Phi) is 7.61. The summed E-state index contributed by atoms with van der Waals surface area (Å²) in [5, 5.41) is 6.94. The van der Waals surface area contributed by atoms with Gasteiger partial charge in [-0.15, -0.1) is 0 Å². The Bertz CT molecular complexity index is 749. The molecule has 0 radical (unpaired) electrons. The molecular weight excluding hydrogens is 370 g/mol. The van der Waals surface area contributed by atoms with Gasteiger partial charge in [0.25, 0.3) is 11.8 Å². The van der Waals surface area contributed by atoms with E-state index in [1.807, 2.05) is 19.2 Å². The van der Waals surface area contributed by atoms with Crippen LogP contribution in [0.5, 0.6) is 11.5 Å². The van der Waals surface area contributed by atoms with Gasteiger partial charge in [-0.25, -0.2) is 4.79 Å². The second-order valence-electron chi connectivity index (χ2n) is 6.40. The first-order chi connectivity index (χ1) is 13.3. The molecule has 1 aromatic rings. The van der Waals surface area contributed by atoms with Crippen molar-refractivity contribution in [2.75, 3.05) is 26.5 Å². The highest BCUT2D eigenvalue weighted by molar-refractivity contribution is 5.97. The van der Waals surface area contributed by atoms with Crippen LogP contribution >= 0.6 is 0 Å². The second-order valence-corrected chi connectivity index (χ2v) is 6.40. The quantitative estimate of drug-likeness (QED) is 0.550. The lowest BCUT2D eigenvalue weighted by molar-refractivity contribution is -0.147. The van der Waals surface area contributed by atoms with Gasteiger partial charge in [0.05, 0.1) is 0 Å². The Hall–Kier alpha value is -3.30. The Morgan fingerprint density at radius 2 is 1.86 bits per heavy atom. The topological polar surface area (TPSA) is 132 Å². The highest BCUT2D eigenvalue weighted by atomic mass is 16.7. The van der Waals surface area contributed by atoms with Crippen LogP contribution in [-0.2, 0) is 14.3 Å². The van der Waals surface area contributed by atoms with Gasteiger partial charge in [-0.05, 0) is 30.5 Å². The number of rotatable bonds is 8. The lowest BCUT2D eigenvalue weighted by Gasteiger charge is -2.09. The smallest absolute Gasteiger partial charge is 0.325 e. The fourth-order valence-corrected chi connectivity index (χ4v) is 2.17. The monoisotopic (exact) mass is 393 g/mol. The summed E-state index contributed by atoms with van der Waals surface area (Å²) >= 11 is 0. The van der Waals surface area contributed by atoms with Gasteiger partial charge >= 0.3 is 12.0 Å². The highest BCUT2D eigenvalue weighted by Gasteiger charge is 2.17. The Labute approximate surface area is 161 Å². The third-order valence-corrected chi connectivity index (χ3v) is 3.65. The first-order valence-corrected chi connectivity index (χ1v) is 8.76. The summed E-state index contributed by atoms with van der Waals surface area (Å²) in [6.45, 7) is 3.48. The van der Waals surface area contributed by atoms with Gasteiger partial charge in [-0.1, -0.05) is 13.8 Å². The number of carbonyl (C=O) groups is 4. The molecule has 10 heteroatoms. The summed E-state index contributed by atoms with van der Waals surface area (Å²) in [7, 11) is 0. The van der Waals surface area contributed by atoms with Crippen molar-refractivity contribution in [1.29, 1.82) is 0 Å². The molecule has 1 aliphatic heterocycles. The van der Waals surface area contributed by atoms with E-state index in [2.05, 4.69) is 10.6 Å². The third-order valence-electron chi connectivity index (χ3n) is 3.65. The van der Waals surface area contributed by atoms with Crippen molar-refractivity contribution < 1.29 is 33.4 Å². The molecule has 0 atom stereocenters. The minimum absolute atomic E-state index is 0.0878. The van der Waals surface area contributed by atoms with Gasteiger partial charge < -0.3 is 24.8 Å². The number of urea groups is 1. The number of benzene rings is 1. The fourth-order valence-electron chi connectivity index (χ4n) is 2.17. The Morgan fingerprint density at radius 1 is 1.11 bits per heavy atom. The average molecular weight is 393 g/mol. The Morgan fingerprint density at radius 3 is 2.61 bits per heavy atom. The molecule has 1 aromatic carbocycles. The molecule has 10 nitrogen and oxygen atoms in total. The third kappa shape index (κ3) is 6.78. The number of fused-ring (bicyclic) bond motifs is 1. The predicted octanol–water partition coefficient (Wildman–Crippen LogP) is 0.560. The van der Waals surface area contributed by atoms with Crippen molar-refractivity contribution in [1.82, 2.24) is 16.0 Å². The predicted molar refractivity (Wildman–Crippen MR) is 96.9 cm³/mol. The van der Waals surface area contributed by atoms with Gasteiger partial charge in [0.15, 0.2) is 18.1 Å². The van der Waals surface area contributed by atoms with E-state index in [1.54, 1.807) is 6.07 Å². The van der Waals surface area contributed by atoms with Crippen LogP contribution in [0.25, 0.3) is 0 Å². The molecule has 0 aromatic heterocycles. The SMILES string of the molecule is CC(C)CCNC(=O)NC(=O)COC(=O)CNC(=O)c1ccc2c(c1)OCO2. The van der Waals surface area contributed by atoms with Gasteiger partial charge in [0, 0.05) is 12.1 Å². The molecule has 28 heavy (non-hydrogen) atoms. The van der Waals surface area contributed by atoms with Crippen molar-refractivity contribution in [3.05, 3.63) is 23.8 Å². The van der Waals surface area contributed by atoms with E-state index in [0.717, 1.165) is 6.42 Å².